The number of hydrogen-bond acceptors (Lipinski definition) is 3. The van der Waals surface area contributed by atoms with Crippen LogP contribution in [0.5, 0.6) is 0 Å². The Balaban J connectivity index is 2.16. The minimum atomic E-state index is 0.0725. The summed E-state index contributed by atoms with van der Waals surface area (Å²) in [6.07, 6.45) is 2.15. The monoisotopic (exact) mass is 224 g/mol. The van der Waals surface area contributed by atoms with Crippen molar-refractivity contribution in [2.24, 2.45) is 0 Å². The molecular weight excluding hydrogens is 204 g/mol. The molecule has 0 spiro atoms. The molecule has 0 saturated carbocycles. The summed E-state index contributed by atoms with van der Waals surface area (Å²) in [4.78, 5) is 13.7. The second-order valence-electron chi connectivity index (χ2n) is 3.63. The molecule has 4 heteroatoms. The molecule has 4 nitrogen and oxygen atoms in total. The van der Waals surface area contributed by atoms with Crippen LogP contribution in [0.25, 0.3) is 0 Å². The van der Waals surface area contributed by atoms with E-state index in [4.69, 9.17) is 4.42 Å². The van der Waals surface area contributed by atoms with E-state index in [1.165, 1.54) is 0 Å². The molecule has 1 N–H and O–H groups in total. The van der Waals surface area contributed by atoms with Gasteiger partial charge in [0.1, 0.15) is 5.76 Å². The first-order valence-corrected chi connectivity index (χ1v) is 5.77. The van der Waals surface area contributed by atoms with Crippen LogP contribution in [0.3, 0.4) is 0 Å². The normalized spacial score (nSPS) is 10.7. The van der Waals surface area contributed by atoms with E-state index in [1.807, 2.05) is 12.1 Å². The Hall–Kier alpha value is -1.29. The SMILES string of the molecule is CCN(CC)CCC(=O)NCc1ccco1. The van der Waals surface area contributed by atoms with Crippen molar-refractivity contribution in [3.63, 3.8) is 0 Å². The Morgan fingerprint density at radius 2 is 2.19 bits per heavy atom. The van der Waals surface area contributed by atoms with Crippen LogP contribution in [-0.2, 0) is 11.3 Å². The van der Waals surface area contributed by atoms with Gasteiger partial charge in [-0.25, -0.2) is 0 Å². The number of rotatable bonds is 7. The molecule has 0 aliphatic carbocycles. The number of nitrogens with one attached hydrogen (secondary N) is 1. The van der Waals surface area contributed by atoms with Crippen molar-refractivity contribution in [2.75, 3.05) is 19.6 Å². The first-order chi connectivity index (χ1) is 7.76. The highest BCUT2D eigenvalue weighted by molar-refractivity contribution is 5.75. The van der Waals surface area contributed by atoms with Crippen molar-refractivity contribution in [3.8, 4) is 0 Å². The van der Waals surface area contributed by atoms with E-state index < -0.39 is 0 Å². The van der Waals surface area contributed by atoms with Gasteiger partial charge in [-0.1, -0.05) is 13.8 Å². The number of hydrogen-bond donors (Lipinski definition) is 1. The summed E-state index contributed by atoms with van der Waals surface area (Å²) in [5.41, 5.74) is 0. The summed E-state index contributed by atoms with van der Waals surface area (Å²) in [5.74, 6) is 0.861. The van der Waals surface area contributed by atoms with Crippen molar-refractivity contribution < 1.29 is 9.21 Å². The Kier molecular flexibility index (Phi) is 5.64. The van der Waals surface area contributed by atoms with E-state index in [-0.39, 0.29) is 5.91 Å². The third kappa shape index (κ3) is 4.49. The minimum Gasteiger partial charge on any atom is -0.467 e. The first-order valence-electron chi connectivity index (χ1n) is 5.77. The van der Waals surface area contributed by atoms with Gasteiger partial charge in [-0.3, -0.25) is 4.79 Å². The molecule has 1 amide bonds. The quantitative estimate of drug-likeness (QED) is 0.765. The van der Waals surface area contributed by atoms with Crippen LogP contribution in [0.4, 0.5) is 0 Å². The van der Waals surface area contributed by atoms with Crippen LogP contribution in [-0.4, -0.2) is 30.4 Å². The minimum absolute atomic E-state index is 0.0725. The lowest BCUT2D eigenvalue weighted by Gasteiger charge is -2.17. The molecule has 1 heterocycles. The van der Waals surface area contributed by atoms with Crippen LogP contribution in [0.15, 0.2) is 22.8 Å². The maximum Gasteiger partial charge on any atom is 0.221 e. The predicted octanol–water partition coefficient (Wildman–Crippen LogP) is 1.63. The van der Waals surface area contributed by atoms with Gasteiger partial charge >= 0.3 is 0 Å². The average molecular weight is 224 g/mol. The van der Waals surface area contributed by atoms with E-state index in [0.29, 0.717) is 13.0 Å². The van der Waals surface area contributed by atoms with E-state index in [0.717, 1.165) is 25.4 Å². The van der Waals surface area contributed by atoms with Gasteiger partial charge in [0.25, 0.3) is 0 Å². The second kappa shape index (κ2) is 7.06. The van der Waals surface area contributed by atoms with Crippen molar-refractivity contribution in [1.82, 2.24) is 10.2 Å². The average Bonchev–Trinajstić information content (AvgIpc) is 2.80. The highest BCUT2D eigenvalue weighted by atomic mass is 16.3. The van der Waals surface area contributed by atoms with E-state index in [1.54, 1.807) is 6.26 Å². The van der Waals surface area contributed by atoms with Crippen molar-refractivity contribution in [1.29, 1.82) is 0 Å². The summed E-state index contributed by atoms with van der Waals surface area (Å²) in [6, 6.07) is 3.67. The number of carbonyl (C=O) groups excluding carboxylic acids is 1. The molecule has 0 bridgehead atoms. The van der Waals surface area contributed by atoms with Crippen LogP contribution in [0, 0.1) is 0 Å². The fourth-order valence-electron chi connectivity index (χ4n) is 1.49. The molecule has 1 aromatic rings. The summed E-state index contributed by atoms with van der Waals surface area (Å²) in [6.45, 7) is 7.47. The Morgan fingerprint density at radius 1 is 1.44 bits per heavy atom. The maximum absolute atomic E-state index is 11.5. The zero-order valence-corrected chi connectivity index (χ0v) is 10.0. The van der Waals surface area contributed by atoms with E-state index in [2.05, 4.69) is 24.1 Å². The molecular formula is C12H20N2O2. The van der Waals surface area contributed by atoms with Crippen molar-refractivity contribution >= 4 is 5.91 Å². The van der Waals surface area contributed by atoms with Gasteiger partial charge in [-0.15, -0.1) is 0 Å². The first kappa shape index (κ1) is 12.8. The lowest BCUT2D eigenvalue weighted by Crippen LogP contribution is -2.30. The lowest BCUT2D eigenvalue weighted by molar-refractivity contribution is -0.121. The molecule has 0 saturated heterocycles. The van der Waals surface area contributed by atoms with Crippen LogP contribution in [0.2, 0.25) is 0 Å². The van der Waals surface area contributed by atoms with Crippen LogP contribution >= 0.6 is 0 Å². The largest absolute Gasteiger partial charge is 0.467 e. The zero-order valence-electron chi connectivity index (χ0n) is 10.0. The molecule has 0 radical (unpaired) electrons. The topological polar surface area (TPSA) is 45.5 Å². The van der Waals surface area contributed by atoms with Gasteiger partial charge in [0, 0.05) is 13.0 Å². The van der Waals surface area contributed by atoms with E-state index >= 15 is 0 Å². The molecule has 90 valence electrons. The smallest absolute Gasteiger partial charge is 0.221 e. The highest BCUT2D eigenvalue weighted by Crippen LogP contribution is 1.99. The summed E-state index contributed by atoms with van der Waals surface area (Å²) in [7, 11) is 0. The summed E-state index contributed by atoms with van der Waals surface area (Å²) < 4.78 is 5.13. The standard InChI is InChI=1S/C12H20N2O2/c1-3-14(4-2)8-7-12(15)13-10-11-6-5-9-16-11/h5-6,9H,3-4,7-8,10H2,1-2H3,(H,13,15). The number of amides is 1. The Bertz CT molecular complexity index is 292. The van der Waals surface area contributed by atoms with Crippen LogP contribution in [0.1, 0.15) is 26.0 Å². The van der Waals surface area contributed by atoms with Gasteiger partial charge in [0.2, 0.25) is 5.91 Å². The molecule has 0 atom stereocenters. The second-order valence-corrected chi connectivity index (χ2v) is 3.63. The Labute approximate surface area is 96.6 Å². The van der Waals surface area contributed by atoms with Gasteiger partial charge < -0.3 is 14.6 Å². The summed E-state index contributed by atoms with van der Waals surface area (Å²) in [5, 5.41) is 2.83. The highest BCUT2D eigenvalue weighted by Gasteiger charge is 2.05. The summed E-state index contributed by atoms with van der Waals surface area (Å²) >= 11 is 0. The van der Waals surface area contributed by atoms with Gasteiger partial charge in [0.05, 0.1) is 12.8 Å². The van der Waals surface area contributed by atoms with Gasteiger partial charge in [-0.2, -0.15) is 0 Å². The molecule has 0 aromatic carbocycles. The van der Waals surface area contributed by atoms with Crippen LogP contribution < -0.4 is 5.32 Å². The van der Waals surface area contributed by atoms with E-state index in [9.17, 15) is 4.79 Å². The number of nitrogens with zero attached hydrogens (tertiary/aromatic N) is 1. The third-order valence-corrected chi connectivity index (χ3v) is 2.59. The third-order valence-electron chi connectivity index (χ3n) is 2.59. The molecule has 0 fully saturated rings. The zero-order chi connectivity index (χ0) is 11.8. The number of furan rings is 1. The molecule has 0 aliphatic rings. The number of carbonyl (C=O) groups is 1. The Morgan fingerprint density at radius 3 is 2.75 bits per heavy atom. The van der Waals surface area contributed by atoms with Gasteiger partial charge in [-0.05, 0) is 25.2 Å². The molecule has 1 rings (SSSR count). The lowest BCUT2D eigenvalue weighted by atomic mass is 10.3. The molecule has 1 aromatic heterocycles. The fraction of sp³-hybridized carbons (Fsp3) is 0.583. The molecule has 0 unspecified atom stereocenters. The fourth-order valence-corrected chi connectivity index (χ4v) is 1.49. The van der Waals surface area contributed by atoms with Gasteiger partial charge in [0.15, 0.2) is 0 Å². The molecule has 0 aliphatic heterocycles. The maximum atomic E-state index is 11.5. The van der Waals surface area contributed by atoms with Crippen molar-refractivity contribution in [3.05, 3.63) is 24.2 Å². The molecule has 16 heavy (non-hydrogen) atoms. The van der Waals surface area contributed by atoms with Crippen molar-refractivity contribution in [2.45, 2.75) is 26.8 Å². The predicted molar refractivity (Wildman–Crippen MR) is 63.0 cm³/mol.